The van der Waals surface area contributed by atoms with Gasteiger partial charge >= 0.3 is 17.9 Å². The number of hydrogen-bond acceptors (Lipinski definition) is 6. The van der Waals surface area contributed by atoms with Crippen molar-refractivity contribution in [2.75, 3.05) is 13.2 Å². The molecule has 0 spiro atoms. The molecule has 0 aromatic rings. The van der Waals surface area contributed by atoms with Crippen LogP contribution < -0.4 is 0 Å². The normalized spacial score (nSPS) is 13.2. The van der Waals surface area contributed by atoms with Gasteiger partial charge in [0.15, 0.2) is 6.10 Å². The quantitative estimate of drug-likeness (QED) is 0.0264. The van der Waals surface area contributed by atoms with Crippen molar-refractivity contribution in [3.8, 4) is 0 Å². The monoisotopic (exact) mass is 843 g/mol. The van der Waals surface area contributed by atoms with Crippen LogP contribution in [0.1, 0.15) is 188 Å². The van der Waals surface area contributed by atoms with Crippen LogP contribution in [-0.2, 0) is 28.6 Å². The summed E-state index contributed by atoms with van der Waals surface area (Å²) in [6, 6.07) is 0. The molecule has 0 bridgehead atoms. The molecule has 0 saturated heterocycles. The van der Waals surface area contributed by atoms with E-state index in [2.05, 4.69) is 130 Å². The number of rotatable bonds is 41. The van der Waals surface area contributed by atoms with Crippen LogP contribution in [0.15, 0.2) is 122 Å². The smallest absolute Gasteiger partial charge is 0.309 e. The van der Waals surface area contributed by atoms with Crippen molar-refractivity contribution in [1.82, 2.24) is 0 Å². The molecule has 6 nitrogen and oxygen atoms in total. The zero-order chi connectivity index (χ0) is 44.4. The summed E-state index contributed by atoms with van der Waals surface area (Å²) in [5, 5.41) is 0. The van der Waals surface area contributed by atoms with Crippen LogP contribution in [0.5, 0.6) is 0 Å². The Balaban J connectivity index is 4.52. The van der Waals surface area contributed by atoms with Crippen LogP contribution in [0.3, 0.4) is 0 Å². The van der Waals surface area contributed by atoms with E-state index in [1.54, 1.807) is 6.08 Å². The van der Waals surface area contributed by atoms with E-state index in [1.807, 2.05) is 6.08 Å². The van der Waals surface area contributed by atoms with Gasteiger partial charge in [-0.3, -0.25) is 14.4 Å². The van der Waals surface area contributed by atoms with Crippen molar-refractivity contribution in [2.24, 2.45) is 0 Å². The summed E-state index contributed by atoms with van der Waals surface area (Å²) < 4.78 is 16.6. The van der Waals surface area contributed by atoms with E-state index in [0.717, 1.165) is 96.3 Å². The van der Waals surface area contributed by atoms with E-state index in [1.165, 1.54) is 44.9 Å². The molecule has 0 rings (SSSR count). The van der Waals surface area contributed by atoms with Crippen LogP contribution in [0, 0.1) is 0 Å². The molecule has 0 aliphatic heterocycles. The molecule has 1 atom stereocenters. The fourth-order valence-electron chi connectivity index (χ4n) is 5.92. The highest BCUT2D eigenvalue weighted by molar-refractivity contribution is 5.72. The summed E-state index contributed by atoms with van der Waals surface area (Å²) in [6.45, 7) is 6.20. The van der Waals surface area contributed by atoms with Crippen LogP contribution in [0.2, 0.25) is 0 Å². The molecule has 0 heterocycles. The molecule has 61 heavy (non-hydrogen) atoms. The summed E-state index contributed by atoms with van der Waals surface area (Å²) in [5.41, 5.74) is 0. The average Bonchev–Trinajstić information content (AvgIpc) is 3.26. The molecule has 0 fully saturated rings. The molecular formula is C55H86O6. The number of carbonyl (C=O) groups excluding carboxylic acids is 3. The van der Waals surface area contributed by atoms with Crippen molar-refractivity contribution < 1.29 is 28.6 Å². The molecule has 0 aromatic carbocycles. The minimum absolute atomic E-state index is 0.118. The maximum Gasteiger partial charge on any atom is 0.309 e. The number of unbranched alkanes of at least 4 members (excludes halogenated alkanes) is 11. The second-order valence-electron chi connectivity index (χ2n) is 15.3. The van der Waals surface area contributed by atoms with Gasteiger partial charge in [0.25, 0.3) is 0 Å². The number of esters is 3. The molecule has 342 valence electrons. The third-order valence-electron chi connectivity index (χ3n) is 9.46. The Morgan fingerprint density at radius 1 is 0.361 bits per heavy atom. The van der Waals surface area contributed by atoms with E-state index >= 15 is 0 Å². The van der Waals surface area contributed by atoms with Gasteiger partial charge < -0.3 is 14.2 Å². The second-order valence-corrected chi connectivity index (χ2v) is 15.3. The molecule has 0 N–H and O–H groups in total. The summed E-state index contributed by atoms with van der Waals surface area (Å²) in [7, 11) is 0. The van der Waals surface area contributed by atoms with Crippen LogP contribution in [-0.4, -0.2) is 37.2 Å². The number of allylic oxidation sites excluding steroid dienone is 19. The highest BCUT2D eigenvalue weighted by Gasteiger charge is 2.19. The van der Waals surface area contributed by atoms with Crippen molar-refractivity contribution in [3.05, 3.63) is 122 Å². The molecule has 0 radical (unpaired) electrons. The predicted octanol–water partition coefficient (Wildman–Crippen LogP) is 15.7. The van der Waals surface area contributed by atoms with E-state index in [-0.39, 0.29) is 44.4 Å². The zero-order valence-electron chi connectivity index (χ0n) is 38.9. The van der Waals surface area contributed by atoms with Gasteiger partial charge in [0.1, 0.15) is 13.2 Å². The predicted molar refractivity (Wildman–Crippen MR) is 260 cm³/mol. The Kier molecular flexibility index (Phi) is 45.1. The van der Waals surface area contributed by atoms with Crippen molar-refractivity contribution in [1.29, 1.82) is 0 Å². The van der Waals surface area contributed by atoms with E-state index in [0.29, 0.717) is 6.42 Å². The maximum atomic E-state index is 12.7. The number of carbonyl (C=O) groups is 3. The lowest BCUT2D eigenvalue weighted by Gasteiger charge is -2.18. The lowest BCUT2D eigenvalue weighted by Crippen LogP contribution is -2.30. The lowest BCUT2D eigenvalue weighted by atomic mass is 10.1. The van der Waals surface area contributed by atoms with Crippen LogP contribution in [0.25, 0.3) is 0 Å². The van der Waals surface area contributed by atoms with Crippen molar-refractivity contribution >= 4 is 17.9 Å². The molecule has 0 saturated carbocycles. The highest BCUT2D eigenvalue weighted by Crippen LogP contribution is 2.12. The molecule has 0 aromatic heterocycles. The first-order chi connectivity index (χ1) is 30.0. The lowest BCUT2D eigenvalue weighted by molar-refractivity contribution is -0.166. The highest BCUT2D eigenvalue weighted by atomic mass is 16.6. The van der Waals surface area contributed by atoms with Gasteiger partial charge in [-0.15, -0.1) is 0 Å². The zero-order valence-corrected chi connectivity index (χ0v) is 38.9. The van der Waals surface area contributed by atoms with Gasteiger partial charge in [0, 0.05) is 12.8 Å². The van der Waals surface area contributed by atoms with Crippen molar-refractivity contribution in [3.63, 3.8) is 0 Å². The third kappa shape index (κ3) is 46.7. The first-order valence-corrected chi connectivity index (χ1v) is 24.0. The first-order valence-electron chi connectivity index (χ1n) is 24.0. The van der Waals surface area contributed by atoms with Crippen LogP contribution in [0.4, 0.5) is 0 Å². The Hall–Kier alpha value is -4.19. The maximum absolute atomic E-state index is 12.7. The van der Waals surface area contributed by atoms with Crippen LogP contribution >= 0.6 is 0 Å². The van der Waals surface area contributed by atoms with Gasteiger partial charge in [-0.2, -0.15) is 0 Å². The molecule has 0 aliphatic rings. The van der Waals surface area contributed by atoms with Gasteiger partial charge in [-0.25, -0.2) is 0 Å². The molecule has 1 unspecified atom stereocenters. The number of ether oxygens (including phenoxy) is 3. The number of hydrogen-bond donors (Lipinski definition) is 0. The Morgan fingerprint density at radius 2 is 0.721 bits per heavy atom. The fraction of sp³-hybridized carbons (Fsp3) is 0.582. The molecule has 6 heteroatoms. The first kappa shape index (κ1) is 56.8. The minimum atomic E-state index is -0.842. The second kappa shape index (κ2) is 48.5. The summed E-state index contributed by atoms with van der Waals surface area (Å²) in [5.74, 6) is -1.14. The fourth-order valence-corrected chi connectivity index (χ4v) is 5.92. The summed E-state index contributed by atoms with van der Waals surface area (Å²) in [4.78, 5) is 37.7. The topological polar surface area (TPSA) is 78.9 Å². The summed E-state index contributed by atoms with van der Waals surface area (Å²) >= 11 is 0. The average molecular weight is 843 g/mol. The molecule has 0 aliphatic carbocycles. The minimum Gasteiger partial charge on any atom is -0.462 e. The largest absolute Gasteiger partial charge is 0.462 e. The van der Waals surface area contributed by atoms with E-state index in [9.17, 15) is 14.4 Å². The summed E-state index contributed by atoms with van der Waals surface area (Å²) in [6.07, 6.45) is 66.5. The third-order valence-corrected chi connectivity index (χ3v) is 9.46. The Morgan fingerprint density at radius 3 is 1.20 bits per heavy atom. The molecular weight excluding hydrogens is 757 g/mol. The Labute approximate surface area is 373 Å². The van der Waals surface area contributed by atoms with Gasteiger partial charge in [-0.1, -0.05) is 187 Å². The van der Waals surface area contributed by atoms with E-state index < -0.39 is 12.1 Å². The standard InChI is InChI=1S/C55H86O6/c1-4-7-10-13-16-19-21-23-25-27-29-31-33-36-39-42-45-48-54(57)60-51-52(50-59-53(56)47-44-41-38-35-18-15-12-9-6-3)61-55(58)49-46-43-40-37-34-32-30-28-26-24-22-20-17-14-11-8-5-2/h7,9-10,12,16-20,23-26,29,31,35-36,39,41,44,52H,4-6,8,11,13-15,21-22,27-28,30,32-34,37-38,40,42-43,45-51H2,1-3H3/b10-7-,12-9-,19-16-,20-17-,25-23-,26-24-,31-29-,35-18-,39-36-,44-41-. The molecule has 0 amide bonds. The van der Waals surface area contributed by atoms with E-state index in [4.69, 9.17) is 14.2 Å². The van der Waals surface area contributed by atoms with Gasteiger partial charge in [-0.05, 0) is 103 Å². The van der Waals surface area contributed by atoms with Gasteiger partial charge in [0.2, 0.25) is 0 Å². The SMILES string of the molecule is CC/C=C\C/C=C\C/C=C\C/C=C\C/C=C\CCCC(=O)OCC(COC(=O)C/C=C\C/C=C\C/C=C\CC)OC(=O)CCCCCCCCC/C=C\C/C=C\CCCCC. The Bertz CT molecular complexity index is 1340. The van der Waals surface area contributed by atoms with Gasteiger partial charge in [0.05, 0.1) is 6.42 Å². The van der Waals surface area contributed by atoms with Crippen molar-refractivity contribution in [2.45, 2.75) is 194 Å².